The number of hydrogen-bond donors (Lipinski definition) is 1. The molecule has 0 aliphatic carbocycles. The molecule has 0 saturated heterocycles. The van der Waals surface area contributed by atoms with Crippen molar-refractivity contribution in [2.75, 3.05) is 5.75 Å². The van der Waals surface area contributed by atoms with Gasteiger partial charge in [-0.15, -0.1) is 10.2 Å². The van der Waals surface area contributed by atoms with Gasteiger partial charge in [0.2, 0.25) is 5.91 Å². The van der Waals surface area contributed by atoms with E-state index in [-0.39, 0.29) is 18.3 Å². The number of halogens is 1. The third-order valence-corrected chi connectivity index (χ3v) is 4.65. The second-order valence-electron chi connectivity index (χ2n) is 5.71. The summed E-state index contributed by atoms with van der Waals surface area (Å²) in [6.07, 6.45) is 0. The summed E-state index contributed by atoms with van der Waals surface area (Å²) in [6, 6.07) is 15.1. The molecule has 0 unspecified atom stereocenters. The first-order chi connectivity index (χ1) is 13.1. The van der Waals surface area contributed by atoms with E-state index in [0.29, 0.717) is 28.4 Å². The Bertz CT molecular complexity index is 902. The van der Waals surface area contributed by atoms with Crippen LogP contribution in [0.1, 0.15) is 17.0 Å². The lowest BCUT2D eigenvalue weighted by Crippen LogP contribution is -2.24. The molecule has 0 spiro atoms. The average molecular weight is 404 g/mol. The fourth-order valence-corrected chi connectivity index (χ4v) is 3.08. The van der Waals surface area contributed by atoms with Crippen molar-refractivity contribution in [2.45, 2.75) is 25.3 Å². The fourth-order valence-electron chi connectivity index (χ4n) is 2.24. The van der Waals surface area contributed by atoms with E-state index in [9.17, 15) is 4.79 Å². The van der Waals surface area contributed by atoms with Crippen molar-refractivity contribution in [2.24, 2.45) is 0 Å². The molecule has 0 fully saturated rings. The van der Waals surface area contributed by atoms with Crippen molar-refractivity contribution in [3.63, 3.8) is 0 Å². The Hall–Kier alpha value is -2.51. The average Bonchev–Trinajstić information content (AvgIpc) is 3.13. The normalized spacial score (nSPS) is 10.6. The van der Waals surface area contributed by atoms with Crippen LogP contribution in [0.4, 0.5) is 0 Å². The fraction of sp³-hybridized carbons (Fsp3) is 0.211. The molecule has 0 bridgehead atoms. The summed E-state index contributed by atoms with van der Waals surface area (Å²) in [5.74, 6) is 1.14. The van der Waals surface area contributed by atoms with Gasteiger partial charge in [0.1, 0.15) is 5.75 Å². The van der Waals surface area contributed by atoms with Gasteiger partial charge in [0.15, 0.2) is 6.61 Å². The lowest BCUT2D eigenvalue weighted by atomic mass is 10.2. The molecule has 8 heteroatoms. The van der Waals surface area contributed by atoms with E-state index in [1.165, 1.54) is 11.8 Å². The lowest BCUT2D eigenvalue weighted by molar-refractivity contribution is -0.118. The summed E-state index contributed by atoms with van der Waals surface area (Å²) in [6.45, 7) is 2.55. The Morgan fingerprint density at radius 1 is 1.22 bits per heavy atom. The predicted octanol–water partition coefficient (Wildman–Crippen LogP) is 4.02. The van der Waals surface area contributed by atoms with Crippen LogP contribution in [0, 0.1) is 6.92 Å². The summed E-state index contributed by atoms with van der Waals surface area (Å²) >= 11 is 7.11. The first kappa shape index (κ1) is 19.3. The summed E-state index contributed by atoms with van der Waals surface area (Å²) in [7, 11) is 0. The minimum atomic E-state index is -0.100. The Morgan fingerprint density at radius 2 is 2.04 bits per heavy atom. The van der Waals surface area contributed by atoms with Crippen LogP contribution < -0.4 is 10.1 Å². The van der Waals surface area contributed by atoms with Crippen molar-refractivity contribution < 1.29 is 13.9 Å². The highest BCUT2D eigenvalue weighted by atomic mass is 35.5. The van der Waals surface area contributed by atoms with E-state index < -0.39 is 0 Å². The van der Waals surface area contributed by atoms with Crippen LogP contribution in [-0.4, -0.2) is 21.9 Å². The Balaban J connectivity index is 1.43. The monoisotopic (exact) mass is 403 g/mol. The maximum absolute atomic E-state index is 11.9. The zero-order valence-electron chi connectivity index (χ0n) is 14.6. The second-order valence-corrected chi connectivity index (χ2v) is 7.07. The van der Waals surface area contributed by atoms with E-state index in [0.717, 1.165) is 11.1 Å². The van der Waals surface area contributed by atoms with Crippen LogP contribution in [0.3, 0.4) is 0 Å². The molecule has 1 heterocycles. The number of rotatable bonds is 8. The number of nitrogens with one attached hydrogen (secondary N) is 1. The summed E-state index contributed by atoms with van der Waals surface area (Å²) in [5.41, 5.74) is 1.97. The largest absolute Gasteiger partial charge is 0.484 e. The Labute approximate surface area is 166 Å². The summed E-state index contributed by atoms with van der Waals surface area (Å²) in [5, 5.41) is 11.7. The van der Waals surface area contributed by atoms with E-state index in [2.05, 4.69) is 15.5 Å². The van der Waals surface area contributed by atoms with E-state index in [1.807, 2.05) is 43.3 Å². The number of benzene rings is 2. The molecule has 27 heavy (non-hydrogen) atoms. The van der Waals surface area contributed by atoms with Gasteiger partial charge in [-0.3, -0.25) is 4.79 Å². The predicted molar refractivity (Wildman–Crippen MR) is 104 cm³/mol. The van der Waals surface area contributed by atoms with Gasteiger partial charge in [-0.1, -0.05) is 53.7 Å². The Kier molecular flexibility index (Phi) is 6.73. The van der Waals surface area contributed by atoms with Gasteiger partial charge in [-0.2, -0.15) is 0 Å². The number of carbonyl (C=O) groups is 1. The van der Waals surface area contributed by atoms with Gasteiger partial charge in [0, 0.05) is 11.6 Å². The molecule has 140 valence electrons. The molecule has 3 aromatic rings. The van der Waals surface area contributed by atoms with Crippen molar-refractivity contribution in [1.82, 2.24) is 15.5 Å². The molecule has 0 atom stereocenters. The van der Waals surface area contributed by atoms with Gasteiger partial charge in [0.25, 0.3) is 11.1 Å². The first-order valence-corrected chi connectivity index (χ1v) is 9.61. The van der Waals surface area contributed by atoms with Crippen molar-refractivity contribution >= 4 is 29.3 Å². The molecular weight excluding hydrogens is 386 g/mol. The molecule has 1 N–H and O–H groups in total. The van der Waals surface area contributed by atoms with Crippen LogP contribution in [0.2, 0.25) is 5.02 Å². The van der Waals surface area contributed by atoms with E-state index >= 15 is 0 Å². The van der Waals surface area contributed by atoms with Crippen LogP contribution in [0.25, 0.3) is 0 Å². The number of nitrogens with zero attached hydrogens (tertiary/aromatic N) is 2. The quantitative estimate of drug-likeness (QED) is 0.572. The smallest absolute Gasteiger partial charge is 0.277 e. The number of amides is 1. The molecular formula is C19H18ClN3O3S. The minimum absolute atomic E-state index is 0.100. The molecule has 1 aromatic heterocycles. The molecule has 2 aromatic carbocycles. The van der Waals surface area contributed by atoms with Crippen LogP contribution in [0.15, 0.2) is 58.2 Å². The molecule has 1 amide bonds. The molecule has 0 aliphatic heterocycles. The highest BCUT2D eigenvalue weighted by molar-refractivity contribution is 7.99. The molecule has 3 rings (SSSR count). The lowest BCUT2D eigenvalue weighted by Gasteiger charge is -2.06. The van der Waals surface area contributed by atoms with Gasteiger partial charge in [-0.25, -0.2) is 0 Å². The van der Waals surface area contributed by atoms with Gasteiger partial charge in [-0.05, 0) is 36.2 Å². The van der Waals surface area contributed by atoms with Gasteiger partial charge in [0.05, 0.1) is 5.75 Å². The minimum Gasteiger partial charge on any atom is -0.484 e. The molecule has 6 nitrogen and oxygen atoms in total. The van der Waals surface area contributed by atoms with Gasteiger partial charge < -0.3 is 14.5 Å². The number of ether oxygens (including phenoxy) is 1. The van der Waals surface area contributed by atoms with Gasteiger partial charge >= 0.3 is 0 Å². The van der Waals surface area contributed by atoms with Crippen LogP contribution in [0.5, 0.6) is 5.75 Å². The number of hydrogen-bond acceptors (Lipinski definition) is 6. The second kappa shape index (κ2) is 9.43. The van der Waals surface area contributed by atoms with Crippen LogP contribution in [-0.2, 0) is 17.9 Å². The molecule has 0 saturated carbocycles. The maximum atomic E-state index is 11.9. The number of carbonyl (C=O) groups excluding carboxylic acids is 1. The topological polar surface area (TPSA) is 77.2 Å². The zero-order chi connectivity index (χ0) is 19.1. The maximum Gasteiger partial charge on any atom is 0.277 e. The number of thioether (sulfide) groups is 1. The third-order valence-electron chi connectivity index (χ3n) is 3.60. The Morgan fingerprint density at radius 3 is 2.81 bits per heavy atom. The summed E-state index contributed by atoms with van der Waals surface area (Å²) in [4.78, 5) is 11.9. The number of aromatic nitrogens is 2. The highest BCUT2D eigenvalue weighted by Crippen LogP contribution is 2.23. The third kappa shape index (κ3) is 6.01. The van der Waals surface area contributed by atoms with Crippen LogP contribution >= 0.6 is 23.4 Å². The highest BCUT2D eigenvalue weighted by Gasteiger charge is 2.11. The van der Waals surface area contributed by atoms with Crippen molar-refractivity contribution in [3.8, 4) is 5.75 Å². The van der Waals surface area contributed by atoms with Crippen molar-refractivity contribution in [1.29, 1.82) is 0 Å². The standard InChI is InChI=1S/C19H18ClN3O3S/c1-13-9-15(20)7-8-16(13)25-11-18-22-23-19(26-18)27-12-17(24)21-10-14-5-3-2-4-6-14/h2-9H,10-12H2,1H3,(H,21,24). The van der Waals surface area contributed by atoms with E-state index in [4.69, 9.17) is 20.8 Å². The molecule has 0 aliphatic rings. The summed E-state index contributed by atoms with van der Waals surface area (Å²) < 4.78 is 11.2. The van der Waals surface area contributed by atoms with E-state index in [1.54, 1.807) is 12.1 Å². The van der Waals surface area contributed by atoms with Crippen molar-refractivity contribution in [3.05, 3.63) is 70.6 Å². The zero-order valence-corrected chi connectivity index (χ0v) is 16.2. The molecule has 0 radical (unpaired) electrons. The first-order valence-electron chi connectivity index (χ1n) is 8.25. The SMILES string of the molecule is Cc1cc(Cl)ccc1OCc1nnc(SCC(=O)NCc2ccccc2)o1. The number of aryl methyl sites for hydroxylation is 1.